The molecule has 17 heavy (non-hydrogen) atoms. The number of rotatable bonds is 2. The van der Waals surface area contributed by atoms with Crippen molar-refractivity contribution in [3.63, 3.8) is 0 Å². The molecule has 90 valence electrons. The van der Waals surface area contributed by atoms with Gasteiger partial charge in [0.2, 0.25) is 0 Å². The molecule has 1 atom stereocenters. The first-order valence-corrected chi connectivity index (χ1v) is 5.97. The Bertz CT molecular complexity index is 488. The van der Waals surface area contributed by atoms with Gasteiger partial charge in [-0.05, 0) is 18.6 Å². The van der Waals surface area contributed by atoms with Crippen LogP contribution in [0.15, 0.2) is 23.2 Å². The van der Waals surface area contributed by atoms with Crippen LogP contribution in [0.3, 0.4) is 0 Å². The zero-order valence-electron chi connectivity index (χ0n) is 9.13. The van der Waals surface area contributed by atoms with Crippen molar-refractivity contribution in [2.24, 2.45) is 4.99 Å². The van der Waals surface area contributed by atoms with Crippen molar-refractivity contribution in [2.75, 3.05) is 0 Å². The molecule has 0 saturated heterocycles. The number of halogens is 2. The summed E-state index contributed by atoms with van der Waals surface area (Å²) in [5, 5.41) is 0.880. The Morgan fingerprint density at radius 1 is 1.35 bits per heavy atom. The van der Waals surface area contributed by atoms with E-state index in [-0.39, 0.29) is 11.9 Å². The molecule has 1 aromatic rings. The first-order chi connectivity index (χ1) is 8.13. The minimum Gasteiger partial charge on any atom is -0.282 e. The number of carbonyl (C=O) groups is 1. The van der Waals surface area contributed by atoms with E-state index >= 15 is 0 Å². The summed E-state index contributed by atoms with van der Waals surface area (Å²) in [6.45, 7) is 1.90. The summed E-state index contributed by atoms with van der Waals surface area (Å²) >= 11 is 12.0. The molecule has 0 bridgehead atoms. The average molecular weight is 272 g/mol. The van der Waals surface area contributed by atoms with Crippen molar-refractivity contribution in [1.82, 2.24) is 10.9 Å². The van der Waals surface area contributed by atoms with Crippen LogP contribution in [0.25, 0.3) is 0 Å². The number of hydrogen-bond acceptors (Lipinski definition) is 3. The summed E-state index contributed by atoms with van der Waals surface area (Å²) in [7, 11) is 0. The highest BCUT2D eigenvalue weighted by atomic mass is 35.5. The van der Waals surface area contributed by atoms with E-state index in [4.69, 9.17) is 23.2 Å². The molecule has 0 radical (unpaired) electrons. The van der Waals surface area contributed by atoms with Crippen molar-refractivity contribution in [3.05, 3.63) is 33.8 Å². The Hall–Kier alpha value is -1.26. The third-order valence-corrected chi connectivity index (χ3v) is 3.30. The molecule has 0 aromatic heterocycles. The van der Waals surface area contributed by atoms with E-state index in [2.05, 4.69) is 15.8 Å². The molecular weight excluding hydrogens is 261 g/mol. The third-order valence-electron chi connectivity index (χ3n) is 2.49. The Balaban J connectivity index is 2.40. The summed E-state index contributed by atoms with van der Waals surface area (Å²) < 4.78 is 0. The van der Waals surface area contributed by atoms with Crippen LogP contribution in [0, 0.1) is 0 Å². The van der Waals surface area contributed by atoms with Gasteiger partial charge < -0.3 is 0 Å². The molecule has 2 N–H and O–H groups in total. The molecule has 1 unspecified atom stereocenters. The number of benzene rings is 1. The number of aliphatic imine (C=N–C) groups is 1. The van der Waals surface area contributed by atoms with Gasteiger partial charge in [-0.2, -0.15) is 0 Å². The molecule has 0 aliphatic carbocycles. The number of amides is 1. The van der Waals surface area contributed by atoms with Crippen LogP contribution < -0.4 is 10.9 Å². The molecule has 1 amide bonds. The van der Waals surface area contributed by atoms with E-state index in [9.17, 15) is 4.79 Å². The van der Waals surface area contributed by atoms with Crippen molar-refractivity contribution in [3.8, 4) is 0 Å². The van der Waals surface area contributed by atoms with E-state index in [1.807, 2.05) is 6.92 Å². The Kier molecular flexibility index (Phi) is 3.54. The summed E-state index contributed by atoms with van der Waals surface area (Å²) in [4.78, 5) is 15.7. The Labute approximate surface area is 109 Å². The highest BCUT2D eigenvalue weighted by molar-refractivity contribution is 6.44. The maximum absolute atomic E-state index is 11.4. The van der Waals surface area contributed by atoms with Gasteiger partial charge in [0, 0.05) is 5.56 Å². The highest BCUT2D eigenvalue weighted by Gasteiger charge is 2.23. The smallest absolute Gasteiger partial charge is 0.263 e. The van der Waals surface area contributed by atoms with Crippen molar-refractivity contribution in [2.45, 2.75) is 19.4 Å². The second-order valence-corrected chi connectivity index (χ2v) is 4.40. The fraction of sp³-hybridized carbons (Fsp3) is 0.273. The number of nitrogens with zero attached hydrogens (tertiary/aromatic N) is 1. The quantitative estimate of drug-likeness (QED) is 0.866. The monoisotopic (exact) mass is 271 g/mol. The van der Waals surface area contributed by atoms with Crippen LogP contribution in [0.1, 0.15) is 18.9 Å². The van der Waals surface area contributed by atoms with Gasteiger partial charge in [-0.15, -0.1) is 0 Å². The van der Waals surface area contributed by atoms with E-state index in [1.54, 1.807) is 18.2 Å². The minimum absolute atomic E-state index is 0.144. The predicted molar refractivity (Wildman–Crippen MR) is 68.4 cm³/mol. The van der Waals surface area contributed by atoms with Gasteiger partial charge in [0.25, 0.3) is 5.91 Å². The highest BCUT2D eigenvalue weighted by Crippen LogP contribution is 2.26. The normalized spacial score (nSPS) is 19.4. The maximum Gasteiger partial charge on any atom is 0.263 e. The number of carbonyl (C=O) groups excluding carboxylic acids is 1. The number of nitrogens with one attached hydrogen (secondary N) is 2. The molecule has 0 saturated carbocycles. The molecular formula is C11H11Cl2N3O. The second-order valence-electron chi connectivity index (χ2n) is 3.62. The number of amidine groups is 1. The molecule has 1 heterocycles. The zero-order valence-corrected chi connectivity index (χ0v) is 10.6. The molecule has 1 aromatic carbocycles. The number of hydrogen-bond donors (Lipinski definition) is 2. The van der Waals surface area contributed by atoms with Gasteiger partial charge in [-0.3, -0.25) is 20.6 Å². The van der Waals surface area contributed by atoms with Gasteiger partial charge >= 0.3 is 0 Å². The lowest BCUT2D eigenvalue weighted by Gasteiger charge is -2.22. The van der Waals surface area contributed by atoms with Crippen LogP contribution in [-0.4, -0.2) is 17.8 Å². The molecule has 0 fully saturated rings. The first kappa shape index (κ1) is 12.2. The van der Waals surface area contributed by atoms with Gasteiger partial charge in [-0.25, -0.2) is 0 Å². The summed E-state index contributed by atoms with van der Waals surface area (Å²) in [6, 6.07) is 4.89. The average Bonchev–Trinajstić information content (AvgIpc) is 2.34. The Morgan fingerprint density at radius 2 is 2.12 bits per heavy atom. The molecule has 2 rings (SSSR count). The van der Waals surface area contributed by atoms with E-state index in [0.717, 1.165) is 0 Å². The van der Waals surface area contributed by atoms with Crippen LogP contribution in [-0.2, 0) is 4.79 Å². The zero-order chi connectivity index (χ0) is 12.4. The van der Waals surface area contributed by atoms with Crippen LogP contribution in [0.2, 0.25) is 10.0 Å². The topological polar surface area (TPSA) is 53.5 Å². The third kappa shape index (κ3) is 2.37. The largest absolute Gasteiger partial charge is 0.282 e. The van der Waals surface area contributed by atoms with Gasteiger partial charge in [-0.1, -0.05) is 36.2 Å². The predicted octanol–water partition coefficient (Wildman–Crippen LogP) is 2.15. The molecule has 6 heteroatoms. The van der Waals surface area contributed by atoms with Gasteiger partial charge in [0.1, 0.15) is 11.9 Å². The standard InChI is InChI=1S/C11H11Cl2N3O/c1-2-8-11(17)16-15-10(14-8)6-4-3-5-7(12)9(6)13/h3-5,8H,2H2,1H3,(H,14,15)(H,16,17). The lowest BCUT2D eigenvalue weighted by molar-refractivity contribution is -0.123. The van der Waals surface area contributed by atoms with Crippen LogP contribution in [0.4, 0.5) is 0 Å². The van der Waals surface area contributed by atoms with Gasteiger partial charge in [0.05, 0.1) is 10.0 Å². The summed E-state index contributed by atoms with van der Waals surface area (Å²) in [5.41, 5.74) is 5.96. The van der Waals surface area contributed by atoms with E-state index in [0.29, 0.717) is 27.9 Å². The van der Waals surface area contributed by atoms with Crippen molar-refractivity contribution in [1.29, 1.82) is 0 Å². The molecule has 1 aliphatic rings. The maximum atomic E-state index is 11.4. The fourth-order valence-electron chi connectivity index (χ4n) is 1.55. The summed E-state index contributed by atoms with van der Waals surface area (Å²) in [6.07, 6.45) is 0.634. The molecule has 1 aliphatic heterocycles. The van der Waals surface area contributed by atoms with E-state index in [1.165, 1.54) is 0 Å². The SMILES string of the molecule is CCC1N=C(c2cccc(Cl)c2Cl)NNC1=O. The van der Waals surface area contributed by atoms with Crippen LogP contribution in [0.5, 0.6) is 0 Å². The van der Waals surface area contributed by atoms with Crippen molar-refractivity contribution >= 4 is 34.9 Å². The lowest BCUT2D eigenvalue weighted by Crippen LogP contribution is -2.51. The lowest BCUT2D eigenvalue weighted by atomic mass is 10.1. The van der Waals surface area contributed by atoms with E-state index < -0.39 is 0 Å². The Morgan fingerprint density at radius 3 is 2.82 bits per heavy atom. The second kappa shape index (κ2) is 4.94. The summed E-state index contributed by atoms with van der Waals surface area (Å²) in [5.74, 6) is 0.387. The fourth-order valence-corrected chi connectivity index (χ4v) is 1.94. The molecule has 4 nitrogen and oxygen atoms in total. The van der Waals surface area contributed by atoms with Gasteiger partial charge in [0.15, 0.2) is 0 Å². The number of hydrazine groups is 1. The van der Waals surface area contributed by atoms with Crippen molar-refractivity contribution < 1.29 is 4.79 Å². The van der Waals surface area contributed by atoms with Crippen LogP contribution >= 0.6 is 23.2 Å². The minimum atomic E-state index is -0.388. The first-order valence-electron chi connectivity index (χ1n) is 5.21. The molecule has 0 spiro atoms.